The van der Waals surface area contributed by atoms with Gasteiger partial charge in [-0.05, 0) is 22.1 Å². The van der Waals surface area contributed by atoms with E-state index >= 15 is 0 Å². The summed E-state index contributed by atoms with van der Waals surface area (Å²) in [5, 5.41) is 1.17. The topological polar surface area (TPSA) is 12.9 Å². The summed E-state index contributed by atoms with van der Waals surface area (Å²) >= 11 is 1.74. The molecule has 0 unspecified atom stereocenters. The van der Waals surface area contributed by atoms with Gasteiger partial charge in [0.05, 0.1) is 0 Å². The van der Waals surface area contributed by atoms with Crippen molar-refractivity contribution in [1.82, 2.24) is 4.98 Å². The number of hydrogen-bond acceptors (Lipinski definition) is 2. The fourth-order valence-corrected chi connectivity index (χ4v) is 2.62. The second kappa shape index (κ2) is 5.09. The summed E-state index contributed by atoms with van der Waals surface area (Å²) in [7, 11) is 0. The molecule has 0 amide bonds. The summed E-state index contributed by atoms with van der Waals surface area (Å²) in [6.07, 6.45) is 1.90. The molecule has 0 bridgehead atoms. The number of aryl methyl sites for hydroxylation is 1. The van der Waals surface area contributed by atoms with E-state index in [0.29, 0.717) is 0 Å². The molecule has 3 rings (SSSR count). The maximum atomic E-state index is 4.42. The monoisotopic (exact) mass is 417 g/mol. The molecule has 87 valence electrons. The summed E-state index contributed by atoms with van der Waals surface area (Å²) in [4.78, 5) is 5.54. The van der Waals surface area contributed by atoms with Crippen LogP contribution >= 0.6 is 11.3 Å². The van der Waals surface area contributed by atoms with E-state index in [-0.39, 0.29) is 20.1 Å². The molecule has 3 aromatic rings. The molecule has 3 heteroatoms. The predicted octanol–water partition coefficient (Wildman–Crippen LogP) is 4.07. The minimum atomic E-state index is 0. The van der Waals surface area contributed by atoms with Gasteiger partial charge in [-0.25, -0.2) is 11.3 Å². The van der Waals surface area contributed by atoms with Gasteiger partial charge in [-0.15, -0.1) is 23.6 Å². The number of rotatable bonds is 1. The zero-order valence-electron chi connectivity index (χ0n) is 9.23. The molecule has 0 aliphatic rings. The van der Waals surface area contributed by atoms with E-state index in [2.05, 4.69) is 41.4 Å². The van der Waals surface area contributed by atoms with Gasteiger partial charge in [0.25, 0.3) is 0 Å². The maximum absolute atomic E-state index is 4.42. The van der Waals surface area contributed by atoms with Gasteiger partial charge in [-0.2, -0.15) is 0 Å². The van der Waals surface area contributed by atoms with Gasteiger partial charge in [0.2, 0.25) is 0 Å². The number of pyridine rings is 1. The molecule has 0 aliphatic heterocycles. The van der Waals surface area contributed by atoms with Crippen LogP contribution in [0.2, 0.25) is 0 Å². The van der Waals surface area contributed by atoms with Crippen molar-refractivity contribution in [1.29, 1.82) is 0 Å². The molecular weight excluding hydrogens is 406 g/mol. The van der Waals surface area contributed by atoms with Crippen LogP contribution in [-0.4, -0.2) is 4.98 Å². The zero-order chi connectivity index (χ0) is 11.0. The fraction of sp³-hybridized carbons (Fsp3) is 0.0714. The molecule has 0 aliphatic carbocycles. The number of hydrogen-bond donors (Lipinski definition) is 0. The molecule has 0 N–H and O–H groups in total. The van der Waals surface area contributed by atoms with Gasteiger partial charge in [0.1, 0.15) is 0 Å². The Bertz CT molecular complexity index is 595. The number of thiophene rings is 1. The molecular formula is C14H10IrNS-. The molecule has 0 saturated carbocycles. The van der Waals surface area contributed by atoms with Gasteiger partial charge in [-0.1, -0.05) is 24.3 Å². The molecule has 1 aromatic carbocycles. The number of benzene rings is 1. The van der Waals surface area contributed by atoms with Crippen LogP contribution in [0.25, 0.3) is 20.7 Å². The first kappa shape index (κ1) is 12.4. The SMILES string of the molecule is Cc1ccc(-c2[c-]c3ccccc3s2)nc1.[Ir]. The average Bonchev–Trinajstić information content (AvgIpc) is 2.73. The summed E-state index contributed by atoms with van der Waals surface area (Å²) < 4.78 is 1.26. The van der Waals surface area contributed by atoms with Crippen molar-refractivity contribution in [3.63, 3.8) is 0 Å². The van der Waals surface area contributed by atoms with Crippen LogP contribution < -0.4 is 0 Å². The molecule has 0 spiro atoms. The van der Waals surface area contributed by atoms with E-state index in [1.807, 2.05) is 19.2 Å². The number of fused-ring (bicyclic) bond motifs is 1. The van der Waals surface area contributed by atoms with Gasteiger partial charge in [0, 0.05) is 32.0 Å². The van der Waals surface area contributed by atoms with Crippen LogP contribution in [0.15, 0.2) is 42.6 Å². The van der Waals surface area contributed by atoms with Crippen LogP contribution in [0.1, 0.15) is 5.56 Å². The van der Waals surface area contributed by atoms with Crippen molar-refractivity contribution in [2.45, 2.75) is 6.92 Å². The standard InChI is InChI=1S/C14H10NS.Ir/c1-10-6-7-12(15-9-10)14-8-11-4-2-3-5-13(11)16-14;/h2-7,9H,1H3;/q-1;. The first-order valence-electron chi connectivity index (χ1n) is 5.17. The van der Waals surface area contributed by atoms with Gasteiger partial charge in [0.15, 0.2) is 0 Å². The third kappa shape index (κ3) is 2.47. The molecule has 0 atom stereocenters. The second-order valence-corrected chi connectivity index (χ2v) is 4.83. The van der Waals surface area contributed by atoms with Gasteiger partial charge >= 0.3 is 0 Å². The van der Waals surface area contributed by atoms with E-state index in [9.17, 15) is 0 Å². The van der Waals surface area contributed by atoms with Crippen molar-refractivity contribution in [2.75, 3.05) is 0 Å². The Labute approximate surface area is 118 Å². The van der Waals surface area contributed by atoms with Crippen molar-refractivity contribution in [3.05, 3.63) is 54.2 Å². The Hall–Kier alpha value is -1.02. The Kier molecular flexibility index (Phi) is 3.72. The molecule has 2 aromatic heterocycles. The Morgan fingerprint density at radius 3 is 2.65 bits per heavy atom. The van der Waals surface area contributed by atoms with Crippen LogP contribution in [0.4, 0.5) is 0 Å². The van der Waals surface area contributed by atoms with E-state index in [1.165, 1.54) is 15.6 Å². The maximum Gasteiger partial charge on any atom is 0.0190 e. The quantitative estimate of drug-likeness (QED) is 0.545. The second-order valence-electron chi connectivity index (χ2n) is 3.77. The van der Waals surface area contributed by atoms with Crippen molar-refractivity contribution < 1.29 is 20.1 Å². The summed E-state index contributed by atoms with van der Waals surface area (Å²) in [5.41, 5.74) is 2.19. The zero-order valence-corrected chi connectivity index (χ0v) is 12.4. The van der Waals surface area contributed by atoms with Crippen LogP contribution in [0.3, 0.4) is 0 Å². The van der Waals surface area contributed by atoms with Gasteiger partial charge in [-0.3, -0.25) is 0 Å². The summed E-state index contributed by atoms with van der Waals surface area (Å²) in [6.45, 7) is 2.05. The Morgan fingerprint density at radius 1 is 1.12 bits per heavy atom. The van der Waals surface area contributed by atoms with E-state index in [1.54, 1.807) is 11.3 Å². The summed E-state index contributed by atoms with van der Waals surface area (Å²) in [6, 6.07) is 15.8. The van der Waals surface area contributed by atoms with Crippen LogP contribution in [-0.2, 0) is 20.1 Å². The van der Waals surface area contributed by atoms with Gasteiger partial charge < -0.3 is 4.98 Å². The minimum Gasteiger partial charge on any atom is -0.303 e. The van der Waals surface area contributed by atoms with Crippen molar-refractivity contribution >= 4 is 21.4 Å². The molecule has 1 nitrogen and oxygen atoms in total. The number of nitrogens with zero attached hydrogens (tertiary/aromatic N) is 1. The van der Waals surface area contributed by atoms with Crippen LogP contribution in [0, 0.1) is 13.0 Å². The number of aromatic nitrogens is 1. The van der Waals surface area contributed by atoms with Crippen molar-refractivity contribution in [3.8, 4) is 10.6 Å². The van der Waals surface area contributed by atoms with Crippen molar-refractivity contribution in [2.24, 2.45) is 0 Å². The smallest absolute Gasteiger partial charge is 0.0190 e. The summed E-state index contributed by atoms with van der Waals surface area (Å²) in [5.74, 6) is 0. The third-order valence-electron chi connectivity index (χ3n) is 2.49. The molecule has 2 heterocycles. The fourth-order valence-electron chi connectivity index (χ4n) is 1.64. The normalized spacial score (nSPS) is 10.2. The third-order valence-corrected chi connectivity index (χ3v) is 3.58. The Balaban J connectivity index is 0.00000108. The predicted molar refractivity (Wildman–Crippen MR) is 68.6 cm³/mol. The Morgan fingerprint density at radius 2 is 1.94 bits per heavy atom. The van der Waals surface area contributed by atoms with E-state index < -0.39 is 0 Å². The molecule has 1 radical (unpaired) electrons. The van der Waals surface area contributed by atoms with E-state index in [0.717, 1.165) is 10.6 Å². The van der Waals surface area contributed by atoms with E-state index in [4.69, 9.17) is 0 Å². The average molecular weight is 417 g/mol. The largest absolute Gasteiger partial charge is 0.303 e. The van der Waals surface area contributed by atoms with Crippen LogP contribution in [0.5, 0.6) is 0 Å². The first-order valence-corrected chi connectivity index (χ1v) is 5.98. The molecule has 0 saturated heterocycles. The molecule has 0 fully saturated rings. The minimum absolute atomic E-state index is 0. The first-order chi connectivity index (χ1) is 7.83. The molecule has 17 heavy (non-hydrogen) atoms.